The Labute approximate surface area is 178 Å². The van der Waals surface area contributed by atoms with Crippen LogP contribution >= 0.6 is 11.3 Å². The van der Waals surface area contributed by atoms with E-state index in [1.807, 2.05) is 6.07 Å². The summed E-state index contributed by atoms with van der Waals surface area (Å²) in [5.41, 5.74) is 5.96. The van der Waals surface area contributed by atoms with E-state index < -0.39 is 0 Å². The number of fused-ring (bicyclic) bond motifs is 4. The van der Waals surface area contributed by atoms with Gasteiger partial charge in [0.2, 0.25) is 0 Å². The zero-order valence-corrected chi connectivity index (χ0v) is 17.7. The second kappa shape index (κ2) is 6.96. The van der Waals surface area contributed by atoms with Gasteiger partial charge in [-0.3, -0.25) is 0 Å². The number of hydrogen-bond acceptors (Lipinski definition) is 5. The molecule has 0 N–H and O–H groups in total. The minimum Gasteiger partial charge on any atom is -0.378 e. The van der Waals surface area contributed by atoms with Gasteiger partial charge in [0, 0.05) is 49.0 Å². The minimum absolute atomic E-state index is 0.162. The lowest BCUT2D eigenvalue weighted by Crippen LogP contribution is -2.36. The van der Waals surface area contributed by atoms with Gasteiger partial charge in [-0.05, 0) is 48.4 Å². The molecule has 7 heteroatoms. The summed E-state index contributed by atoms with van der Waals surface area (Å²) in [6, 6.07) is 11.7. The molecule has 1 fully saturated rings. The lowest BCUT2D eigenvalue weighted by molar-refractivity contribution is 0.122. The van der Waals surface area contributed by atoms with Gasteiger partial charge in [-0.15, -0.1) is 0 Å². The van der Waals surface area contributed by atoms with E-state index in [2.05, 4.69) is 39.6 Å². The Bertz CT molecular complexity index is 1260. The molecule has 4 heterocycles. The summed E-state index contributed by atoms with van der Waals surface area (Å²) in [4.78, 5) is 9.58. The van der Waals surface area contributed by atoms with Crippen LogP contribution < -0.4 is 9.80 Å². The predicted octanol–water partition coefficient (Wildman–Crippen LogP) is 4.33. The average Bonchev–Trinajstić information content (AvgIpc) is 3.33. The van der Waals surface area contributed by atoms with Gasteiger partial charge in [0.15, 0.2) is 5.13 Å². The standard InChI is InChI=1S/C23H23FN4OS/c1-26-20-5-2-15(24)12-18(20)17-6-7-28(14-21(17)26)16-3-4-19-22(13-16)30-23(25-19)27-8-10-29-11-9-27/h2-5,12-13H,6-11,14H2,1H3. The maximum Gasteiger partial charge on any atom is 0.186 e. The largest absolute Gasteiger partial charge is 0.378 e. The highest BCUT2D eigenvalue weighted by Crippen LogP contribution is 2.35. The number of ether oxygens (including phenoxy) is 1. The first-order valence-electron chi connectivity index (χ1n) is 10.4. The van der Waals surface area contributed by atoms with Crippen LogP contribution in [0.2, 0.25) is 0 Å². The maximum absolute atomic E-state index is 13.8. The Kier molecular flexibility index (Phi) is 4.21. The molecule has 5 nitrogen and oxygen atoms in total. The normalized spacial score (nSPS) is 17.1. The van der Waals surface area contributed by atoms with Crippen molar-refractivity contribution in [2.24, 2.45) is 7.05 Å². The molecule has 0 aliphatic carbocycles. The number of morpholine rings is 1. The zero-order valence-electron chi connectivity index (χ0n) is 16.9. The van der Waals surface area contributed by atoms with Gasteiger partial charge >= 0.3 is 0 Å². The van der Waals surface area contributed by atoms with Gasteiger partial charge in [0.25, 0.3) is 0 Å². The highest BCUT2D eigenvalue weighted by Gasteiger charge is 2.24. The fraction of sp³-hybridized carbons (Fsp3) is 0.348. The minimum atomic E-state index is -0.162. The third kappa shape index (κ3) is 2.87. The number of rotatable bonds is 2. The zero-order chi connectivity index (χ0) is 20.2. The topological polar surface area (TPSA) is 33.5 Å². The van der Waals surface area contributed by atoms with E-state index in [0.29, 0.717) is 0 Å². The van der Waals surface area contributed by atoms with Crippen molar-refractivity contribution in [3.63, 3.8) is 0 Å². The number of nitrogens with zero attached hydrogens (tertiary/aromatic N) is 4. The molecule has 1 saturated heterocycles. The second-order valence-corrected chi connectivity index (χ2v) is 9.07. The molecule has 0 atom stereocenters. The van der Waals surface area contributed by atoms with E-state index in [1.54, 1.807) is 23.5 Å². The molecule has 0 spiro atoms. The van der Waals surface area contributed by atoms with Crippen molar-refractivity contribution in [3.8, 4) is 0 Å². The van der Waals surface area contributed by atoms with Gasteiger partial charge in [-0.2, -0.15) is 0 Å². The summed E-state index contributed by atoms with van der Waals surface area (Å²) < 4.78 is 22.7. The van der Waals surface area contributed by atoms with E-state index in [1.165, 1.54) is 21.6 Å². The van der Waals surface area contributed by atoms with Crippen LogP contribution in [0.15, 0.2) is 36.4 Å². The number of hydrogen-bond donors (Lipinski definition) is 0. The third-order valence-electron chi connectivity index (χ3n) is 6.38. The molecule has 6 rings (SSSR count). The average molecular weight is 423 g/mol. The molecular weight excluding hydrogens is 399 g/mol. The van der Waals surface area contributed by atoms with Crippen LogP contribution in [0.5, 0.6) is 0 Å². The van der Waals surface area contributed by atoms with E-state index >= 15 is 0 Å². The number of benzene rings is 2. The van der Waals surface area contributed by atoms with Crippen molar-refractivity contribution in [2.75, 3.05) is 42.6 Å². The molecule has 2 aromatic carbocycles. The summed E-state index contributed by atoms with van der Waals surface area (Å²) in [5, 5.41) is 2.14. The summed E-state index contributed by atoms with van der Waals surface area (Å²) in [7, 11) is 2.09. The Morgan fingerprint density at radius 1 is 1.03 bits per heavy atom. The number of anilines is 2. The first-order valence-corrected chi connectivity index (χ1v) is 11.2. The number of aryl methyl sites for hydroxylation is 1. The number of aromatic nitrogens is 2. The van der Waals surface area contributed by atoms with E-state index in [0.717, 1.165) is 67.4 Å². The van der Waals surface area contributed by atoms with E-state index in [9.17, 15) is 4.39 Å². The van der Waals surface area contributed by atoms with Gasteiger partial charge in [-0.1, -0.05) is 11.3 Å². The van der Waals surface area contributed by atoms with Crippen molar-refractivity contribution < 1.29 is 9.13 Å². The fourth-order valence-electron chi connectivity index (χ4n) is 4.74. The van der Waals surface area contributed by atoms with Gasteiger partial charge < -0.3 is 19.1 Å². The monoisotopic (exact) mass is 422 g/mol. The van der Waals surface area contributed by atoms with Crippen molar-refractivity contribution >= 4 is 43.3 Å². The lowest BCUT2D eigenvalue weighted by Gasteiger charge is -2.30. The summed E-state index contributed by atoms with van der Waals surface area (Å²) >= 11 is 1.76. The van der Waals surface area contributed by atoms with Crippen LogP contribution in [0.25, 0.3) is 21.1 Å². The molecular formula is C23H23FN4OS. The first kappa shape index (κ1) is 18.2. The molecule has 4 aromatic rings. The van der Waals surface area contributed by atoms with Crippen LogP contribution in [0.4, 0.5) is 15.2 Å². The van der Waals surface area contributed by atoms with Crippen molar-refractivity contribution in [1.82, 2.24) is 9.55 Å². The molecule has 0 radical (unpaired) electrons. The van der Waals surface area contributed by atoms with Crippen LogP contribution in [-0.4, -0.2) is 42.4 Å². The molecule has 0 unspecified atom stereocenters. The van der Waals surface area contributed by atoms with Gasteiger partial charge in [-0.25, -0.2) is 9.37 Å². The summed E-state index contributed by atoms with van der Waals surface area (Å²) in [5.74, 6) is -0.162. The van der Waals surface area contributed by atoms with Crippen LogP contribution in [0, 0.1) is 5.82 Å². The van der Waals surface area contributed by atoms with Gasteiger partial charge in [0.1, 0.15) is 5.82 Å². The Morgan fingerprint density at radius 3 is 2.77 bits per heavy atom. The Balaban J connectivity index is 1.33. The van der Waals surface area contributed by atoms with Crippen molar-refractivity contribution in [1.29, 1.82) is 0 Å². The summed E-state index contributed by atoms with van der Waals surface area (Å²) in [6.45, 7) is 5.12. The van der Waals surface area contributed by atoms with Crippen molar-refractivity contribution in [2.45, 2.75) is 13.0 Å². The second-order valence-electron chi connectivity index (χ2n) is 8.07. The Morgan fingerprint density at radius 2 is 1.90 bits per heavy atom. The molecule has 2 aromatic heterocycles. The molecule has 2 aliphatic rings. The molecule has 2 aliphatic heterocycles. The molecule has 30 heavy (non-hydrogen) atoms. The Hall–Kier alpha value is -2.64. The predicted molar refractivity (Wildman–Crippen MR) is 120 cm³/mol. The highest BCUT2D eigenvalue weighted by molar-refractivity contribution is 7.22. The fourth-order valence-corrected chi connectivity index (χ4v) is 5.79. The van der Waals surface area contributed by atoms with Crippen LogP contribution in [-0.2, 0) is 24.8 Å². The van der Waals surface area contributed by atoms with Crippen LogP contribution in [0.3, 0.4) is 0 Å². The SMILES string of the molecule is Cn1c2c(c3cc(F)ccc31)CCN(c1ccc3nc(N4CCOCC4)sc3c1)C2. The number of halogens is 1. The van der Waals surface area contributed by atoms with Gasteiger partial charge in [0.05, 0.1) is 30.0 Å². The van der Waals surface area contributed by atoms with Crippen molar-refractivity contribution in [3.05, 3.63) is 53.5 Å². The van der Waals surface area contributed by atoms with E-state index in [-0.39, 0.29) is 5.82 Å². The smallest absolute Gasteiger partial charge is 0.186 e. The first-order chi connectivity index (χ1) is 14.7. The maximum atomic E-state index is 13.8. The molecule has 154 valence electrons. The van der Waals surface area contributed by atoms with Crippen LogP contribution in [0.1, 0.15) is 11.3 Å². The molecule has 0 saturated carbocycles. The third-order valence-corrected chi connectivity index (χ3v) is 7.46. The quantitative estimate of drug-likeness (QED) is 0.482. The van der Waals surface area contributed by atoms with E-state index in [4.69, 9.17) is 9.72 Å². The molecule has 0 bridgehead atoms. The number of thiazole rings is 1. The lowest BCUT2D eigenvalue weighted by atomic mass is 10.0. The summed E-state index contributed by atoms with van der Waals surface area (Å²) in [6.07, 6.45) is 0.926. The molecule has 0 amide bonds. The highest BCUT2D eigenvalue weighted by atomic mass is 32.1.